The first-order valence-corrected chi connectivity index (χ1v) is 8.82. The molecule has 25 heavy (non-hydrogen) atoms. The van der Waals surface area contributed by atoms with Gasteiger partial charge >= 0.3 is 0 Å². The maximum atomic E-state index is 6.27. The number of nitrogens with one attached hydrogen (secondary N) is 1. The highest BCUT2D eigenvalue weighted by Gasteiger charge is 2.11. The number of methoxy groups -OCH3 is 1. The van der Waals surface area contributed by atoms with E-state index in [0.717, 1.165) is 24.1 Å². The molecule has 0 aliphatic carbocycles. The molecule has 2 rings (SSSR count). The molecular weight excluding hydrogens is 404 g/mol. The maximum Gasteiger partial charge on any atom is 0.179 e. The molecule has 0 saturated carbocycles. The van der Waals surface area contributed by atoms with Crippen molar-refractivity contribution in [2.24, 2.45) is 0 Å². The van der Waals surface area contributed by atoms with Gasteiger partial charge in [0.25, 0.3) is 0 Å². The molecule has 138 valence electrons. The smallest absolute Gasteiger partial charge is 0.179 e. The van der Waals surface area contributed by atoms with Crippen molar-refractivity contribution in [3.63, 3.8) is 0 Å². The zero-order valence-electron chi connectivity index (χ0n) is 14.1. The predicted octanol–water partition coefficient (Wildman–Crippen LogP) is 5.81. The molecule has 7 heteroatoms. The van der Waals surface area contributed by atoms with Crippen molar-refractivity contribution in [3.8, 4) is 11.5 Å². The van der Waals surface area contributed by atoms with E-state index in [2.05, 4.69) is 5.32 Å². The molecule has 1 N–H and O–H groups in total. The Morgan fingerprint density at radius 1 is 1.04 bits per heavy atom. The summed E-state index contributed by atoms with van der Waals surface area (Å²) in [7, 11) is 1.61. The number of benzene rings is 2. The van der Waals surface area contributed by atoms with Gasteiger partial charge in [0.15, 0.2) is 11.5 Å². The Balaban J connectivity index is 0.00000312. The second kappa shape index (κ2) is 11.0. The summed E-state index contributed by atoms with van der Waals surface area (Å²) >= 11 is 18.3. The minimum absolute atomic E-state index is 0. The van der Waals surface area contributed by atoms with Crippen LogP contribution in [0.25, 0.3) is 0 Å². The van der Waals surface area contributed by atoms with Crippen molar-refractivity contribution in [1.82, 2.24) is 5.32 Å². The summed E-state index contributed by atoms with van der Waals surface area (Å²) in [5, 5.41) is 5.26. The van der Waals surface area contributed by atoms with Crippen LogP contribution in [0.4, 0.5) is 0 Å². The Labute approximate surface area is 170 Å². The van der Waals surface area contributed by atoms with Gasteiger partial charge in [-0.1, -0.05) is 40.9 Å². The molecule has 0 spiro atoms. The van der Waals surface area contributed by atoms with Crippen LogP contribution in [-0.4, -0.2) is 20.3 Å². The molecule has 0 aliphatic rings. The molecule has 3 nitrogen and oxygen atoms in total. The van der Waals surface area contributed by atoms with E-state index in [4.69, 9.17) is 44.3 Å². The lowest BCUT2D eigenvalue weighted by molar-refractivity contribution is 0.311. The Hall–Kier alpha value is -0.840. The third-order valence-corrected chi connectivity index (χ3v) is 4.36. The van der Waals surface area contributed by atoms with Crippen LogP contribution < -0.4 is 14.8 Å². The van der Waals surface area contributed by atoms with Crippen LogP contribution in [-0.2, 0) is 13.0 Å². The third-order valence-electron chi connectivity index (χ3n) is 3.49. The summed E-state index contributed by atoms with van der Waals surface area (Å²) in [6.07, 6.45) is 0.817. The lowest BCUT2D eigenvalue weighted by Crippen LogP contribution is -2.17. The van der Waals surface area contributed by atoms with Crippen LogP contribution >= 0.6 is 47.2 Å². The van der Waals surface area contributed by atoms with E-state index < -0.39 is 0 Å². The fourth-order valence-corrected chi connectivity index (χ4v) is 3.13. The van der Waals surface area contributed by atoms with Gasteiger partial charge < -0.3 is 14.8 Å². The van der Waals surface area contributed by atoms with Crippen LogP contribution in [0.3, 0.4) is 0 Å². The fraction of sp³-hybridized carbons (Fsp3) is 0.333. The van der Waals surface area contributed by atoms with Gasteiger partial charge in [0.2, 0.25) is 0 Å². The van der Waals surface area contributed by atoms with Crippen LogP contribution in [0, 0.1) is 0 Å². The van der Waals surface area contributed by atoms with E-state index in [9.17, 15) is 0 Å². The molecule has 0 atom stereocenters. The highest BCUT2D eigenvalue weighted by atomic mass is 35.5. The minimum Gasteiger partial charge on any atom is -0.493 e. The highest BCUT2D eigenvalue weighted by Crippen LogP contribution is 2.36. The van der Waals surface area contributed by atoms with Crippen LogP contribution in [0.2, 0.25) is 15.1 Å². The molecule has 0 fully saturated rings. The molecule has 0 aromatic heterocycles. The average Bonchev–Trinajstić information content (AvgIpc) is 2.55. The monoisotopic (exact) mass is 423 g/mol. The number of rotatable bonds is 8. The van der Waals surface area contributed by atoms with E-state index >= 15 is 0 Å². The number of halogens is 4. The van der Waals surface area contributed by atoms with Gasteiger partial charge in [-0.3, -0.25) is 0 Å². The van der Waals surface area contributed by atoms with Crippen molar-refractivity contribution in [2.45, 2.75) is 19.9 Å². The standard InChI is InChI=1S/C18H20Cl3NO2.ClH/c1-3-24-18-16(21)8-12(9-17(18)23-2)11-22-7-6-13-4-5-14(19)10-15(13)20;/h4-5,8-10,22H,3,6-7,11H2,1-2H3;1H. The first kappa shape index (κ1) is 22.2. The van der Waals surface area contributed by atoms with Crippen LogP contribution in [0.1, 0.15) is 18.1 Å². The zero-order chi connectivity index (χ0) is 17.5. The SMILES string of the molecule is CCOc1c(Cl)cc(CNCCc2ccc(Cl)cc2Cl)cc1OC.Cl. The quantitative estimate of drug-likeness (QED) is 0.542. The second-order valence-corrected chi connectivity index (χ2v) is 6.46. The lowest BCUT2D eigenvalue weighted by Gasteiger charge is -2.13. The van der Waals surface area contributed by atoms with Crippen molar-refractivity contribution < 1.29 is 9.47 Å². The number of hydrogen-bond donors (Lipinski definition) is 1. The van der Waals surface area contributed by atoms with Gasteiger partial charge in [-0.25, -0.2) is 0 Å². The summed E-state index contributed by atoms with van der Waals surface area (Å²) in [6.45, 7) is 3.91. The molecule has 0 saturated heterocycles. The molecular formula is C18H21Cl4NO2. The summed E-state index contributed by atoms with van der Waals surface area (Å²) in [5.74, 6) is 1.22. The average molecular weight is 425 g/mol. The number of ether oxygens (including phenoxy) is 2. The topological polar surface area (TPSA) is 30.5 Å². The second-order valence-electron chi connectivity index (χ2n) is 5.20. The van der Waals surface area contributed by atoms with Gasteiger partial charge in [0.05, 0.1) is 18.7 Å². The third kappa shape index (κ3) is 6.43. The molecule has 0 heterocycles. The maximum absolute atomic E-state index is 6.27. The van der Waals surface area contributed by atoms with Crippen molar-refractivity contribution in [1.29, 1.82) is 0 Å². The Morgan fingerprint density at radius 2 is 1.80 bits per heavy atom. The van der Waals surface area contributed by atoms with Crippen molar-refractivity contribution in [2.75, 3.05) is 20.3 Å². The molecule has 2 aromatic rings. The Kier molecular flexibility index (Phi) is 9.77. The molecule has 0 amide bonds. The van der Waals surface area contributed by atoms with E-state index in [-0.39, 0.29) is 12.4 Å². The zero-order valence-corrected chi connectivity index (χ0v) is 17.2. The molecule has 0 unspecified atom stereocenters. The van der Waals surface area contributed by atoms with Crippen LogP contribution in [0.15, 0.2) is 30.3 Å². The summed E-state index contributed by atoms with van der Waals surface area (Å²) < 4.78 is 10.9. The Bertz CT molecular complexity index is 695. The van der Waals surface area contributed by atoms with Gasteiger partial charge in [0.1, 0.15) is 0 Å². The van der Waals surface area contributed by atoms with Gasteiger partial charge in [0, 0.05) is 16.6 Å². The first-order chi connectivity index (χ1) is 11.5. The summed E-state index contributed by atoms with van der Waals surface area (Å²) in [5.41, 5.74) is 2.10. The van der Waals surface area contributed by atoms with Gasteiger partial charge in [-0.2, -0.15) is 0 Å². The van der Waals surface area contributed by atoms with Crippen LogP contribution in [0.5, 0.6) is 11.5 Å². The highest BCUT2D eigenvalue weighted by molar-refractivity contribution is 6.35. The summed E-state index contributed by atoms with van der Waals surface area (Å²) in [6, 6.07) is 9.37. The normalized spacial score (nSPS) is 10.3. The van der Waals surface area contributed by atoms with E-state index in [1.165, 1.54) is 0 Å². The minimum atomic E-state index is 0. The van der Waals surface area contributed by atoms with Gasteiger partial charge in [-0.05, 0) is 55.3 Å². The molecule has 0 radical (unpaired) electrons. The molecule has 0 aliphatic heterocycles. The van der Waals surface area contributed by atoms with E-state index in [1.54, 1.807) is 13.2 Å². The van der Waals surface area contributed by atoms with E-state index in [1.807, 2.05) is 31.2 Å². The largest absolute Gasteiger partial charge is 0.493 e. The molecule has 2 aromatic carbocycles. The first-order valence-electron chi connectivity index (χ1n) is 7.69. The van der Waals surface area contributed by atoms with Gasteiger partial charge in [-0.15, -0.1) is 12.4 Å². The Morgan fingerprint density at radius 3 is 2.44 bits per heavy atom. The summed E-state index contributed by atoms with van der Waals surface area (Å²) in [4.78, 5) is 0. The van der Waals surface area contributed by atoms with Crippen molar-refractivity contribution in [3.05, 3.63) is 56.5 Å². The predicted molar refractivity (Wildman–Crippen MR) is 108 cm³/mol. The van der Waals surface area contributed by atoms with Crippen molar-refractivity contribution >= 4 is 47.2 Å². The van der Waals surface area contributed by atoms with E-state index in [0.29, 0.717) is 39.7 Å². The molecule has 0 bridgehead atoms. The fourth-order valence-electron chi connectivity index (χ4n) is 2.34. The lowest BCUT2D eigenvalue weighted by atomic mass is 10.1. The number of hydrogen-bond acceptors (Lipinski definition) is 3.